The van der Waals surface area contributed by atoms with Gasteiger partial charge in [0.15, 0.2) is 0 Å². The molecule has 134 valence electrons. The van der Waals surface area contributed by atoms with Crippen molar-refractivity contribution in [3.05, 3.63) is 18.3 Å². The summed E-state index contributed by atoms with van der Waals surface area (Å²) in [7, 11) is -3.46. The predicted molar refractivity (Wildman–Crippen MR) is 93.6 cm³/mol. The SMILES string of the molecule is CC1(C)CN(c2ccc(S(=O)(=O)NCC3CC3)cn2)CC(C)(C)O1. The first kappa shape index (κ1) is 17.6. The molecule has 0 aromatic carbocycles. The minimum atomic E-state index is -3.46. The number of aromatic nitrogens is 1. The smallest absolute Gasteiger partial charge is 0.242 e. The Labute approximate surface area is 144 Å². The molecular weight excluding hydrogens is 326 g/mol. The third-order valence-electron chi connectivity index (χ3n) is 4.31. The molecule has 1 aliphatic carbocycles. The van der Waals surface area contributed by atoms with E-state index in [2.05, 4.69) is 42.3 Å². The van der Waals surface area contributed by atoms with Crippen LogP contribution >= 0.6 is 0 Å². The molecule has 2 fully saturated rings. The van der Waals surface area contributed by atoms with Gasteiger partial charge < -0.3 is 9.64 Å². The molecule has 1 aromatic rings. The number of sulfonamides is 1. The summed E-state index contributed by atoms with van der Waals surface area (Å²) in [6, 6.07) is 3.41. The zero-order valence-corrected chi connectivity index (χ0v) is 15.7. The van der Waals surface area contributed by atoms with Crippen LogP contribution in [0.25, 0.3) is 0 Å². The number of hydrogen-bond donors (Lipinski definition) is 1. The van der Waals surface area contributed by atoms with Crippen molar-refractivity contribution in [1.29, 1.82) is 0 Å². The van der Waals surface area contributed by atoms with Gasteiger partial charge in [-0.25, -0.2) is 18.1 Å². The number of morpholine rings is 1. The van der Waals surface area contributed by atoms with Gasteiger partial charge in [0.2, 0.25) is 10.0 Å². The van der Waals surface area contributed by atoms with E-state index in [-0.39, 0.29) is 16.1 Å². The van der Waals surface area contributed by atoms with Gasteiger partial charge in [-0.05, 0) is 58.6 Å². The van der Waals surface area contributed by atoms with Crippen LogP contribution in [0.4, 0.5) is 5.82 Å². The van der Waals surface area contributed by atoms with E-state index in [0.717, 1.165) is 31.7 Å². The Bertz CT molecular complexity index is 678. The molecule has 0 spiro atoms. The number of pyridine rings is 1. The minimum absolute atomic E-state index is 0.221. The molecule has 2 heterocycles. The lowest BCUT2D eigenvalue weighted by molar-refractivity contribution is -0.133. The first-order valence-corrected chi connectivity index (χ1v) is 9.96. The zero-order chi connectivity index (χ0) is 17.6. The molecule has 0 amide bonds. The highest BCUT2D eigenvalue weighted by Gasteiger charge is 2.38. The zero-order valence-electron chi connectivity index (χ0n) is 14.9. The molecular formula is C17H27N3O3S. The fraction of sp³-hybridized carbons (Fsp3) is 0.706. The van der Waals surface area contributed by atoms with Crippen LogP contribution in [0, 0.1) is 5.92 Å². The van der Waals surface area contributed by atoms with E-state index in [4.69, 9.17) is 4.74 Å². The average Bonchev–Trinajstić information content (AvgIpc) is 3.26. The highest BCUT2D eigenvalue weighted by atomic mass is 32.2. The van der Waals surface area contributed by atoms with Gasteiger partial charge in [0.1, 0.15) is 10.7 Å². The summed E-state index contributed by atoms with van der Waals surface area (Å²) in [4.78, 5) is 6.77. The molecule has 1 aromatic heterocycles. The Hall–Kier alpha value is -1.18. The molecule has 0 radical (unpaired) electrons. The first-order valence-electron chi connectivity index (χ1n) is 8.47. The molecule has 0 unspecified atom stereocenters. The van der Waals surface area contributed by atoms with E-state index in [1.165, 1.54) is 6.20 Å². The van der Waals surface area contributed by atoms with Gasteiger partial charge in [0, 0.05) is 25.8 Å². The maximum atomic E-state index is 12.3. The molecule has 6 nitrogen and oxygen atoms in total. The highest BCUT2D eigenvalue weighted by Crippen LogP contribution is 2.31. The van der Waals surface area contributed by atoms with Crippen molar-refractivity contribution in [3.8, 4) is 0 Å². The molecule has 7 heteroatoms. The monoisotopic (exact) mass is 353 g/mol. The second-order valence-electron chi connectivity index (χ2n) is 8.12. The Morgan fingerprint density at radius 2 is 1.83 bits per heavy atom. The second-order valence-corrected chi connectivity index (χ2v) is 9.89. The Morgan fingerprint density at radius 1 is 1.21 bits per heavy atom. The van der Waals surface area contributed by atoms with Gasteiger partial charge in [0.25, 0.3) is 0 Å². The van der Waals surface area contributed by atoms with Gasteiger partial charge in [-0.15, -0.1) is 0 Å². The molecule has 1 aliphatic heterocycles. The minimum Gasteiger partial charge on any atom is -0.366 e. The van der Waals surface area contributed by atoms with Crippen LogP contribution < -0.4 is 9.62 Å². The third-order valence-corrected chi connectivity index (χ3v) is 5.72. The van der Waals surface area contributed by atoms with Crippen molar-refractivity contribution >= 4 is 15.8 Å². The summed E-state index contributed by atoms with van der Waals surface area (Å²) in [5.41, 5.74) is -0.556. The summed E-state index contributed by atoms with van der Waals surface area (Å²) in [5.74, 6) is 1.28. The topological polar surface area (TPSA) is 71.5 Å². The largest absolute Gasteiger partial charge is 0.366 e. The summed E-state index contributed by atoms with van der Waals surface area (Å²) < 4.78 is 33.3. The standard InChI is InChI=1S/C17H27N3O3S/c1-16(2)11-20(12-17(3,4)23-16)15-8-7-14(10-18-15)24(21,22)19-9-13-5-6-13/h7-8,10,13,19H,5-6,9,11-12H2,1-4H3. The molecule has 2 aliphatic rings. The van der Waals surface area contributed by atoms with Gasteiger partial charge in [-0.3, -0.25) is 0 Å². The van der Waals surface area contributed by atoms with Crippen LogP contribution in [0.15, 0.2) is 23.2 Å². The lowest BCUT2D eigenvalue weighted by atomic mass is 9.99. The molecule has 0 atom stereocenters. The summed E-state index contributed by atoms with van der Waals surface area (Å²) in [6.07, 6.45) is 3.67. The maximum absolute atomic E-state index is 12.3. The third kappa shape index (κ3) is 4.26. The van der Waals surface area contributed by atoms with Crippen molar-refractivity contribution in [2.75, 3.05) is 24.5 Å². The molecule has 1 saturated heterocycles. The van der Waals surface area contributed by atoms with E-state index in [1.54, 1.807) is 12.1 Å². The number of ether oxygens (including phenoxy) is 1. The lowest BCUT2D eigenvalue weighted by Gasteiger charge is -2.47. The summed E-state index contributed by atoms with van der Waals surface area (Å²) in [6.45, 7) is 10.2. The van der Waals surface area contributed by atoms with Crippen LogP contribution in [0.1, 0.15) is 40.5 Å². The van der Waals surface area contributed by atoms with Crippen molar-refractivity contribution in [1.82, 2.24) is 9.71 Å². The Kier molecular flexibility index (Phi) is 4.38. The molecule has 1 N–H and O–H groups in total. The number of hydrogen-bond acceptors (Lipinski definition) is 5. The Balaban J connectivity index is 1.74. The summed E-state index contributed by atoms with van der Waals surface area (Å²) in [5, 5.41) is 0. The van der Waals surface area contributed by atoms with Crippen molar-refractivity contribution in [2.45, 2.75) is 56.6 Å². The molecule has 24 heavy (non-hydrogen) atoms. The summed E-state index contributed by atoms with van der Waals surface area (Å²) >= 11 is 0. The van der Waals surface area contributed by atoms with E-state index in [1.807, 2.05) is 0 Å². The van der Waals surface area contributed by atoms with Crippen LogP contribution in [-0.2, 0) is 14.8 Å². The van der Waals surface area contributed by atoms with Gasteiger partial charge in [0.05, 0.1) is 11.2 Å². The number of nitrogens with zero attached hydrogens (tertiary/aromatic N) is 2. The fourth-order valence-corrected chi connectivity index (χ4v) is 4.36. The fourth-order valence-electron chi connectivity index (χ4n) is 3.30. The molecule has 3 rings (SSSR count). The van der Waals surface area contributed by atoms with Crippen LogP contribution in [-0.4, -0.2) is 44.2 Å². The van der Waals surface area contributed by atoms with E-state index < -0.39 is 10.0 Å². The number of nitrogens with one attached hydrogen (secondary N) is 1. The second kappa shape index (κ2) is 5.97. The number of rotatable bonds is 5. The maximum Gasteiger partial charge on any atom is 0.242 e. The quantitative estimate of drug-likeness (QED) is 0.878. The molecule has 1 saturated carbocycles. The van der Waals surface area contributed by atoms with E-state index in [9.17, 15) is 8.42 Å². The van der Waals surface area contributed by atoms with E-state index >= 15 is 0 Å². The van der Waals surface area contributed by atoms with E-state index in [0.29, 0.717) is 12.5 Å². The van der Waals surface area contributed by atoms with Crippen LogP contribution in [0.5, 0.6) is 0 Å². The average molecular weight is 353 g/mol. The van der Waals surface area contributed by atoms with Crippen molar-refractivity contribution < 1.29 is 13.2 Å². The van der Waals surface area contributed by atoms with Gasteiger partial charge in [-0.2, -0.15) is 0 Å². The normalized spacial score (nSPS) is 23.2. The lowest BCUT2D eigenvalue weighted by Crippen LogP contribution is -2.57. The highest BCUT2D eigenvalue weighted by molar-refractivity contribution is 7.89. The van der Waals surface area contributed by atoms with Crippen molar-refractivity contribution in [3.63, 3.8) is 0 Å². The van der Waals surface area contributed by atoms with Crippen LogP contribution in [0.3, 0.4) is 0 Å². The van der Waals surface area contributed by atoms with Gasteiger partial charge >= 0.3 is 0 Å². The van der Waals surface area contributed by atoms with Gasteiger partial charge in [-0.1, -0.05) is 0 Å². The molecule has 0 bridgehead atoms. The first-order chi connectivity index (χ1) is 11.1. The van der Waals surface area contributed by atoms with Crippen LogP contribution in [0.2, 0.25) is 0 Å². The number of anilines is 1. The predicted octanol–water partition coefficient (Wildman–Crippen LogP) is 2.16. The van der Waals surface area contributed by atoms with Crippen molar-refractivity contribution in [2.24, 2.45) is 5.92 Å². The Morgan fingerprint density at radius 3 is 2.33 bits per heavy atom.